The fourth-order valence-electron chi connectivity index (χ4n) is 0.905. The van der Waals surface area contributed by atoms with Crippen LogP contribution in [0.5, 0.6) is 0 Å². The average molecular weight is 157 g/mol. The van der Waals surface area contributed by atoms with Gasteiger partial charge in [-0.2, -0.15) is 0 Å². The van der Waals surface area contributed by atoms with E-state index in [2.05, 4.69) is 11.9 Å². The third-order valence-corrected chi connectivity index (χ3v) is 1.58. The van der Waals surface area contributed by atoms with Crippen molar-refractivity contribution in [3.8, 4) is 0 Å². The lowest BCUT2D eigenvalue weighted by Gasteiger charge is -2.13. The highest BCUT2D eigenvalue weighted by Gasteiger charge is 2.16. The summed E-state index contributed by atoms with van der Waals surface area (Å²) < 4.78 is 0. The second-order valence-corrected chi connectivity index (χ2v) is 2.53. The summed E-state index contributed by atoms with van der Waals surface area (Å²) in [5.41, 5.74) is 0.790. The number of carbonyl (C=O) groups excluding carboxylic acids is 1. The van der Waals surface area contributed by atoms with Gasteiger partial charge in [-0.1, -0.05) is 12.2 Å². The SMILES string of the molecule is C=C(C)[C@@H](CCO)C(=O)NC. The third-order valence-electron chi connectivity index (χ3n) is 1.58. The first-order chi connectivity index (χ1) is 5.13. The van der Waals surface area contributed by atoms with Gasteiger partial charge in [0.2, 0.25) is 5.91 Å². The molecule has 0 saturated heterocycles. The Labute approximate surface area is 67.1 Å². The lowest BCUT2D eigenvalue weighted by Crippen LogP contribution is -2.28. The fourth-order valence-corrected chi connectivity index (χ4v) is 0.905. The first kappa shape index (κ1) is 10.2. The van der Waals surface area contributed by atoms with E-state index >= 15 is 0 Å². The quantitative estimate of drug-likeness (QED) is 0.577. The molecule has 2 N–H and O–H groups in total. The zero-order valence-electron chi connectivity index (χ0n) is 7.05. The van der Waals surface area contributed by atoms with E-state index < -0.39 is 0 Å². The van der Waals surface area contributed by atoms with Gasteiger partial charge in [0.1, 0.15) is 0 Å². The molecule has 1 amide bonds. The molecule has 3 nitrogen and oxygen atoms in total. The van der Waals surface area contributed by atoms with E-state index in [0.29, 0.717) is 6.42 Å². The van der Waals surface area contributed by atoms with E-state index in [1.165, 1.54) is 0 Å². The van der Waals surface area contributed by atoms with Crippen molar-refractivity contribution in [1.82, 2.24) is 5.32 Å². The molecule has 0 heterocycles. The van der Waals surface area contributed by atoms with Crippen molar-refractivity contribution in [2.24, 2.45) is 5.92 Å². The molecule has 0 aliphatic carbocycles. The molecule has 11 heavy (non-hydrogen) atoms. The summed E-state index contributed by atoms with van der Waals surface area (Å²) in [6, 6.07) is 0. The lowest BCUT2D eigenvalue weighted by atomic mass is 9.98. The maximum atomic E-state index is 11.1. The van der Waals surface area contributed by atoms with E-state index in [0.717, 1.165) is 5.57 Å². The van der Waals surface area contributed by atoms with Gasteiger partial charge < -0.3 is 10.4 Å². The topological polar surface area (TPSA) is 49.3 Å². The standard InChI is InChI=1S/C8H15NO2/c1-6(2)7(4-5-10)8(11)9-3/h7,10H,1,4-5H2,2-3H3,(H,9,11)/t7-/m1/s1. The van der Waals surface area contributed by atoms with E-state index in [-0.39, 0.29) is 18.4 Å². The van der Waals surface area contributed by atoms with Crippen molar-refractivity contribution >= 4 is 5.91 Å². The zero-order chi connectivity index (χ0) is 8.85. The van der Waals surface area contributed by atoms with Gasteiger partial charge in [0.15, 0.2) is 0 Å². The second kappa shape index (κ2) is 4.91. The van der Waals surface area contributed by atoms with E-state index in [1.807, 2.05) is 0 Å². The van der Waals surface area contributed by atoms with Crippen molar-refractivity contribution in [3.05, 3.63) is 12.2 Å². The van der Waals surface area contributed by atoms with E-state index in [1.54, 1.807) is 14.0 Å². The van der Waals surface area contributed by atoms with Crippen LogP contribution in [0, 0.1) is 5.92 Å². The molecule has 0 rings (SSSR count). The van der Waals surface area contributed by atoms with Gasteiger partial charge in [0, 0.05) is 13.7 Å². The van der Waals surface area contributed by atoms with Gasteiger partial charge in [0.25, 0.3) is 0 Å². The number of hydrogen-bond acceptors (Lipinski definition) is 2. The Hall–Kier alpha value is -0.830. The maximum Gasteiger partial charge on any atom is 0.227 e. The zero-order valence-corrected chi connectivity index (χ0v) is 7.05. The minimum absolute atomic E-state index is 0.0188. The molecule has 0 saturated carbocycles. The predicted octanol–water partition coefficient (Wildman–Crippen LogP) is 0.307. The molecule has 1 atom stereocenters. The Bertz CT molecular complexity index is 154. The minimum Gasteiger partial charge on any atom is -0.396 e. The number of rotatable bonds is 4. The van der Waals surface area contributed by atoms with Crippen LogP contribution in [0.1, 0.15) is 13.3 Å². The van der Waals surface area contributed by atoms with Gasteiger partial charge in [-0.05, 0) is 13.3 Å². The molecule has 0 aromatic rings. The smallest absolute Gasteiger partial charge is 0.227 e. The van der Waals surface area contributed by atoms with Gasteiger partial charge >= 0.3 is 0 Å². The van der Waals surface area contributed by atoms with Gasteiger partial charge in [-0.25, -0.2) is 0 Å². The Morgan fingerprint density at radius 2 is 2.27 bits per heavy atom. The van der Waals surface area contributed by atoms with Crippen LogP contribution >= 0.6 is 0 Å². The molecule has 0 bridgehead atoms. The number of carbonyl (C=O) groups is 1. The molecule has 0 radical (unpaired) electrons. The molecule has 0 aromatic heterocycles. The van der Waals surface area contributed by atoms with Crippen LogP contribution in [-0.4, -0.2) is 24.7 Å². The van der Waals surface area contributed by atoms with Crippen molar-refractivity contribution in [3.63, 3.8) is 0 Å². The third kappa shape index (κ3) is 3.18. The average Bonchev–Trinajstić information content (AvgIpc) is 1.98. The van der Waals surface area contributed by atoms with Crippen LogP contribution in [-0.2, 0) is 4.79 Å². The molecular formula is C8H15NO2. The number of nitrogens with one attached hydrogen (secondary N) is 1. The first-order valence-electron chi connectivity index (χ1n) is 3.61. The highest BCUT2D eigenvalue weighted by molar-refractivity contribution is 5.80. The van der Waals surface area contributed by atoms with Crippen LogP contribution in [0.25, 0.3) is 0 Å². The summed E-state index contributed by atoms with van der Waals surface area (Å²) in [5.74, 6) is -0.323. The molecule has 0 aliphatic heterocycles. The summed E-state index contributed by atoms with van der Waals surface area (Å²) >= 11 is 0. The number of aliphatic hydroxyl groups is 1. The Kier molecular flexibility index (Phi) is 4.54. The van der Waals surface area contributed by atoms with Crippen LogP contribution in [0.15, 0.2) is 12.2 Å². The fraction of sp³-hybridized carbons (Fsp3) is 0.625. The molecule has 3 heteroatoms. The highest BCUT2D eigenvalue weighted by Crippen LogP contribution is 2.11. The van der Waals surface area contributed by atoms with Crippen LogP contribution < -0.4 is 5.32 Å². The molecule has 0 fully saturated rings. The Morgan fingerprint density at radius 3 is 2.55 bits per heavy atom. The molecule has 0 aromatic carbocycles. The van der Waals surface area contributed by atoms with Crippen molar-refractivity contribution in [2.45, 2.75) is 13.3 Å². The monoisotopic (exact) mass is 157 g/mol. The molecule has 0 aliphatic rings. The normalized spacial score (nSPS) is 12.3. The molecule has 0 unspecified atom stereocenters. The van der Waals surface area contributed by atoms with Crippen LogP contribution in [0.4, 0.5) is 0 Å². The summed E-state index contributed by atoms with van der Waals surface area (Å²) in [5, 5.41) is 11.1. The van der Waals surface area contributed by atoms with Crippen molar-refractivity contribution < 1.29 is 9.90 Å². The van der Waals surface area contributed by atoms with Crippen molar-refractivity contribution in [1.29, 1.82) is 0 Å². The van der Waals surface area contributed by atoms with Crippen LogP contribution in [0.3, 0.4) is 0 Å². The molecule has 0 spiro atoms. The number of hydrogen-bond donors (Lipinski definition) is 2. The summed E-state index contributed by atoms with van der Waals surface area (Å²) in [6.45, 7) is 5.48. The van der Waals surface area contributed by atoms with Gasteiger partial charge in [-0.15, -0.1) is 0 Å². The van der Waals surface area contributed by atoms with E-state index in [9.17, 15) is 4.79 Å². The molecule has 64 valence electrons. The summed E-state index contributed by atoms with van der Waals surface area (Å²) in [6.07, 6.45) is 0.453. The minimum atomic E-state index is -0.245. The first-order valence-corrected chi connectivity index (χ1v) is 3.61. The largest absolute Gasteiger partial charge is 0.396 e. The van der Waals surface area contributed by atoms with Crippen LogP contribution in [0.2, 0.25) is 0 Å². The number of aliphatic hydroxyl groups excluding tert-OH is 1. The van der Waals surface area contributed by atoms with Gasteiger partial charge in [0.05, 0.1) is 5.92 Å². The summed E-state index contributed by atoms with van der Waals surface area (Å²) in [7, 11) is 1.58. The highest BCUT2D eigenvalue weighted by atomic mass is 16.3. The van der Waals surface area contributed by atoms with Crippen molar-refractivity contribution in [2.75, 3.05) is 13.7 Å². The predicted molar refractivity (Wildman–Crippen MR) is 44.1 cm³/mol. The maximum absolute atomic E-state index is 11.1. The summed E-state index contributed by atoms with van der Waals surface area (Å²) in [4.78, 5) is 11.1. The van der Waals surface area contributed by atoms with E-state index in [4.69, 9.17) is 5.11 Å². The Morgan fingerprint density at radius 1 is 1.73 bits per heavy atom. The van der Waals surface area contributed by atoms with Gasteiger partial charge in [-0.3, -0.25) is 4.79 Å². The lowest BCUT2D eigenvalue weighted by molar-refractivity contribution is -0.123. The molecular weight excluding hydrogens is 142 g/mol. The Balaban J connectivity index is 4.09. The second-order valence-electron chi connectivity index (χ2n) is 2.53. The number of amides is 1.